The summed E-state index contributed by atoms with van der Waals surface area (Å²) < 4.78 is 6.48. The van der Waals surface area contributed by atoms with Gasteiger partial charge in [-0.2, -0.15) is 0 Å². The minimum atomic E-state index is -0.0850. The molecule has 3 nitrogen and oxygen atoms in total. The number of carbonyl (C=O) groups excluding carboxylic acids is 1. The average molecular weight is 346 g/mol. The molecule has 0 saturated carbocycles. The number of carbonyl (C=O) groups is 1. The van der Waals surface area contributed by atoms with Gasteiger partial charge >= 0.3 is 0 Å². The van der Waals surface area contributed by atoms with Crippen molar-refractivity contribution in [3.05, 3.63) is 57.1 Å². The molecule has 1 amide bonds. The third-order valence-corrected chi connectivity index (χ3v) is 4.15. The lowest BCUT2D eigenvalue weighted by Gasteiger charge is -2.13. The van der Waals surface area contributed by atoms with Crippen LogP contribution in [0.5, 0.6) is 5.75 Å². The number of hydrogen-bond donors (Lipinski definition) is 1. The molecule has 0 fully saturated rings. The fourth-order valence-electron chi connectivity index (χ4n) is 2.62. The second kappa shape index (κ2) is 5.53. The maximum absolute atomic E-state index is 12.4. The van der Waals surface area contributed by atoms with E-state index in [1.165, 1.54) is 0 Å². The van der Waals surface area contributed by atoms with Crippen LogP contribution in [-0.4, -0.2) is 12.5 Å². The molecule has 1 aliphatic heterocycles. The number of nitrogens with one attached hydrogen (secondary N) is 1. The summed E-state index contributed by atoms with van der Waals surface area (Å²) >= 11 is 3.47. The quantitative estimate of drug-likeness (QED) is 0.883. The molecule has 2 aromatic rings. The van der Waals surface area contributed by atoms with Gasteiger partial charge in [-0.3, -0.25) is 4.79 Å². The molecule has 1 aliphatic rings. The number of amides is 1. The topological polar surface area (TPSA) is 38.3 Å². The summed E-state index contributed by atoms with van der Waals surface area (Å²) in [5.41, 5.74) is 4.73. The molecule has 21 heavy (non-hydrogen) atoms. The number of benzene rings is 2. The molecule has 0 aromatic heterocycles. The van der Waals surface area contributed by atoms with Gasteiger partial charge in [-0.05, 0) is 60.9 Å². The van der Waals surface area contributed by atoms with E-state index in [0.29, 0.717) is 12.2 Å². The first-order valence-electron chi connectivity index (χ1n) is 6.88. The Hall–Kier alpha value is -1.81. The Bertz CT molecular complexity index is 702. The molecule has 108 valence electrons. The van der Waals surface area contributed by atoms with Gasteiger partial charge in [0.05, 0.1) is 6.61 Å². The number of halogens is 1. The van der Waals surface area contributed by atoms with Crippen LogP contribution in [0.3, 0.4) is 0 Å². The van der Waals surface area contributed by atoms with Crippen molar-refractivity contribution in [3.8, 4) is 5.75 Å². The lowest BCUT2D eigenvalue weighted by Crippen LogP contribution is -2.14. The van der Waals surface area contributed by atoms with Crippen molar-refractivity contribution < 1.29 is 9.53 Å². The number of rotatable bonds is 2. The summed E-state index contributed by atoms with van der Waals surface area (Å²) in [6.07, 6.45) is 0.868. The molecule has 3 rings (SSSR count). The van der Waals surface area contributed by atoms with Gasteiger partial charge in [0.2, 0.25) is 0 Å². The van der Waals surface area contributed by atoms with Gasteiger partial charge in [-0.15, -0.1) is 0 Å². The van der Waals surface area contributed by atoms with E-state index < -0.39 is 0 Å². The number of fused-ring (bicyclic) bond motifs is 1. The predicted molar refractivity (Wildman–Crippen MR) is 87.2 cm³/mol. The molecule has 0 aliphatic carbocycles. The van der Waals surface area contributed by atoms with Crippen molar-refractivity contribution in [2.75, 3.05) is 11.9 Å². The Kier molecular flexibility index (Phi) is 3.72. The molecule has 0 saturated heterocycles. The highest BCUT2D eigenvalue weighted by atomic mass is 79.9. The van der Waals surface area contributed by atoms with Gasteiger partial charge in [-0.25, -0.2) is 0 Å². The summed E-state index contributed by atoms with van der Waals surface area (Å²) in [6, 6.07) is 9.60. The monoisotopic (exact) mass is 345 g/mol. The van der Waals surface area contributed by atoms with E-state index in [2.05, 4.69) is 21.2 Å². The second-order valence-corrected chi connectivity index (χ2v) is 6.21. The minimum absolute atomic E-state index is 0.0850. The predicted octanol–water partition coefficient (Wildman–Crippen LogP) is 4.25. The fraction of sp³-hybridized carbons (Fsp3) is 0.235. The zero-order valence-electron chi connectivity index (χ0n) is 12.0. The maximum atomic E-state index is 12.4. The van der Waals surface area contributed by atoms with Crippen molar-refractivity contribution >= 4 is 27.5 Å². The van der Waals surface area contributed by atoms with Crippen molar-refractivity contribution in [3.63, 3.8) is 0 Å². The number of hydrogen-bond acceptors (Lipinski definition) is 2. The van der Waals surface area contributed by atoms with E-state index in [-0.39, 0.29) is 5.91 Å². The number of ether oxygens (including phenoxy) is 1. The zero-order valence-corrected chi connectivity index (χ0v) is 13.6. The highest BCUT2D eigenvalue weighted by Crippen LogP contribution is 2.28. The third-order valence-electron chi connectivity index (χ3n) is 3.69. The van der Waals surface area contributed by atoms with Crippen molar-refractivity contribution in [1.82, 2.24) is 0 Å². The molecule has 0 radical (unpaired) electrons. The van der Waals surface area contributed by atoms with Gasteiger partial charge in [-0.1, -0.05) is 15.9 Å². The standard InChI is InChI=1S/C17H16BrNO2/c1-10-7-14(18)8-11(2)16(10)19-17(20)13-3-4-15-12(9-13)5-6-21-15/h3-4,7-9H,5-6H2,1-2H3,(H,19,20). The molecule has 0 unspecified atom stereocenters. The number of anilines is 1. The lowest BCUT2D eigenvalue weighted by atomic mass is 10.1. The van der Waals surface area contributed by atoms with E-state index in [4.69, 9.17) is 4.74 Å². The molecule has 0 spiro atoms. The first-order valence-corrected chi connectivity index (χ1v) is 7.68. The van der Waals surface area contributed by atoms with Gasteiger partial charge in [0.15, 0.2) is 0 Å². The minimum Gasteiger partial charge on any atom is -0.493 e. The van der Waals surface area contributed by atoms with Crippen LogP contribution in [0.15, 0.2) is 34.8 Å². The van der Waals surface area contributed by atoms with Crippen LogP contribution >= 0.6 is 15.9 Å². The summed E-state index contributed by atoms with van der Waals surface area (Å²) in [5, 5.41) is 3.01. The molecule has 0 atom stereocenters. The summed E-state index contributed by atoms with van der Waals surface area (Å²) in [7, 11) is 0. The van der Waals surface area contributed by atoms with Crippen LogP contribution in [0.1, 0.15) is 27.0 Å². The summed E-state index contributed by atoms with van der Waals surface area (Å²) in [4.78, 5) is 12.4. The molecular weight excluding hydrogens is 330 g/mol. The molecule has 4 heteroatoms. The highest BCUT2D eigenvalue weighted by Gasteiger charge is 2.16. The van der Waals surface area contributed by atoms with Crippen LogP contribution in [0, 0.1) is 13.8 Å². The van der Waals surface area contributed by atoms with Crippen LogP contribution in [0.4, 0.5) is 5.69 Å². The largest absolute Gasteiger partial charge is 0.493 e. The van der Waals surface area contributed by atoms with Crippen LogP contribution < -0.4 is 10.1 Å². The maximum Gasteiger partial charge on any atom is 0.255 e. The fourth-order valence-corrected chi connectivity index (χ4v) is 3.31. The van der Waals surface area contributed by atoms with E-state index in [1.807, 2.05) is 44.2 Å². The summed E-state index contributed by atoms with van der Waals surface area (Å²) in [6.45, 7) is 4.68. The first-order chi connectivity index (χ1) is 10.0. The van der Waals surface area contributed by atoms with E-state index >= 15 is 0 Å². The van der Waals surface area contributed by atoms with Gasteiger partial charge in [0.25, 0.3) is 5.91 Å². The van der Waals surface area contributed by atoms with Crippen molar-refractivity contribution in [2.45, 2.75) is 20.3 Å². The van der Waals surface area contributed by atoms with Crippen LogP contribution in [0.25, 0.3) is 0 Å². The third kappa shape index (κ3) is 2.81. The SMILES string of the molecule is Cc1cc(Br)cc(C)c1NC(=O)c1ccc2c(c1)CCO2. The average Bonchev–Trinajstić information content (AvgIpc) is 2.89. The summed E-state index contributed by atoms with van der Waals surface area (Å²) in [5.74, 6) is 0.806. The van der Waals surface area contributed by atoms with Gasteiger partial charge in [0, 0.05) is 22.1 Å². The van der Waals surface area contributed by atoms with E-state index in [9.17, 15) is 4.79 Å². The Labute approximate surface area is 132 Å². The molecule has 1 N–H and O–H groups in total. The molecular formula is C17H16BrNO2. The second-order valence-electron chi connectivity index (χ2n) is 5.29. The molecule has 0 bridgehead atoms. The first kappa shape index (κ1) is 14.1. The zero-order chi connectivity index (χ0) is 15.0. The molecule has 1 heterocycles. The van der Waals surface area contributed by atoms with E-state index in [0.717, 1.165) is 39.0 Å². The highest BCUT2D eigenvalue weighted by molar-refractivity contribution is 9.10. The Morgan fingerprint density at radius 1 is 1.19 bits per heavy atom. The van der Waals surface area contributed by atoms with Crippen molar-refractivity contribution in [2.24, 2.45) is 0 Å². The Balaban J connectivity index is 1.87. The Morgan fingerprint density at radius 3 is 2.62 bits per heavy atom. The normalized spacial score (nSPS) is 12.7. The van der Waals surface area contributed by atoms with Crippen LogP contribution in [0.2, 0.25) is 0 Å². The smallest absolute Gasteiger partial charge is 0.255 e. The molecule has 2 aromatic carbocycles. The van der Waals surface area contributed by atoms with Crippen molar-refractivity contribution in [1.29, 1.82) is 0 Å². The van der Waals surface area contributed by atoms with Gasteiger partial charge < -0.3 is 10.1 Å². The number of aryl methyl sites for hydroxylation is 2. The van der Waals surface area contributed by atoms with Gasteiger partial charge in [0.1, 0.15) is 5.75 Å². The van der Waals surface area contributed by atoms with E-state index in [1.54, 1.807) is 0 Å². The lowest BCUT2D eigenvalue weighted by molar-refractivity contribution is 0.102. The van der Waals surface area contributed by atoms with Crippen LogP contribution in [-0.2, 0) is 6.42 Å². The Morgan fingerprint density at radius 2 is 1.90 bits per heavy atom.